The summed E-state index contributed by atoms with van der Waals surface area (Å²) in [6, 6.07) is 15.9. The highest BCUT2D eigenvalue weighted by Crippen LogP contribution is 2.22. The van der Waals surface area contributed by atoms with Crippen LogP contribution in [0.2, 0.25) is 0 Å². The highest BCUT2D eigenvalue weighted by Gasteiger charge is 2.23. The number of nitrogens with zero attached hydrogens (tertiary/aromatic N) is 3. The molecule has 2 amide bonds. The van der Waals surface area contributed by atoms with Gasteiger partial charge < -0.3 is 14.8 Å². The molecule has 5 rings (SSSR count). The number of amides is 2. The van der Waals surface area contributed by atoms with Crippen LogP contribution in [0.5, 0.6) is 0 Å². The van der Waals surface area contributed by atoms with Crippen LogP contribution in [-0.4, -0.2) is 57.8 Å². The lowest BCUT2D eigenvalue weighted by atomic mass is 10.1. The third-order valence-electron chi connectivity index (χ3n) is 5.64. The predicted molar refractivity (Wildman–Crippen MR) is 124 cm³/mol. The summed E-state index contributed by atoms with van der Waals surface area (Å²) in [7, 11) is 0. The number of aromatic nitrogens is 2. The Morgan fingerprint density at radius 2 is 1.74 bits per heavy atom. The van der Waals surface area contributed by atoms with Crippen molar-refractivity contribution in [1.82, 2.24) is 19.8 Å². The number of H-pyrrole nitrogens is 1. The average Bonchev–Trinajstić information content (AvgIpc) is 3.41. The molecule has 7 heteroatoms. The molecule has 4 aromatic rings. The second-order valence-corrected chi connectivity index (χ2v) is 8.66. The van der Waals surface area contributed by atoms with Gasteiger partial charge in [0.25, 0.3) is 0 Å². The maximum atomic E-state index is 12.8. The molecule has 31 heavy (non-hydrogen) atoms. The number of aromatic amines is 1. The zero-order chi connectivity index (χ0) is 21.2. The molecule has 1 N–H and O–H groups in total. The Morgan fingerprint density at radius 1 is 1.00 bits per heavy atom. The van der Waals surface area contributed by atoms with Crippen molar-refractivity contribution < 1.29 is 9.59 Å². The molecule has 0 unspecified atom stereocenters. The van der Waals surface area contributed by atoms with E-state index in [1.165, 1.54) is 0 Å². The van der Waals surface area contributed by atoms with Crippen molar-refractivity contribution in [3.8, 4) is 0 Å². The van der Waals surface area contributed by atoms with E-state index in [1.54, 1.807) is 28.4 Å². The number of fused-ring (bicyclic) bond motifs is 2. The van der Waals surface area contributed by atoms with E-state index in [0.717, 1.165) is 31.7 Å². The van der Waals surface area contributed by atoms with Crippen molar-refractivity contribution in [2.24, 2.45) is 0 Å². The highest BCUT2D eigenvalue weighted by atomic mass is 32.1. The molecule has 2 aromatic heterocycles. The van der Waals surface area contributed by atoms with Crippen LogP contribution in [0.1, 0.15) is 10.6 Å². The van der Waals surface area contributed by atoms with Gasteiger partial charge in [0.1, 0.15) is 5.01 Å². The van der Waals surface area contributed by atoms with Crippen LogP contribution in [0, 0.1) is 0 Å². The van der Waals surface area contributed by atoms with Crippen molar-refractivity contribution >= 4 is 50.3 Å². The summed E-state index contributed by atoms with van der Waals surface area (Å²) in [5.74, 6) is 0.0600. The van der Waals surface area contributed by atoms with Crippen LogP contribution in [0.25, 0.3) is 27.2 Å². The van der Waals surface area contributed by atoms with Crippen molar-refractivity contribution in [2.75, 3.05) is 26.2 Å². The number of carbonyl (C=O) groups excluding carboxylic acids is 2. The Bertz CT molecular complexity index is 1250. The van der Waals surface area contributed by atoms with Gasteiger partial charge in [0.05, 0.1) is 16.6 Å². The zero-order valence-electron chi connectivity index (χ0n) is 17.0. The SMILES string of the molecule is O=C(/C=C/c1nc2ccccc2s1)N1CCN(C(=O)Cc2c[nH]c3ccccc23)CC1. The normalized spacial score (nSPS) is 14.7. The van der Waals surface area contributed by atoms with Gasteiger partial charge in [-0.1, -0.05) is 30.3 Å². The van der Waals surface area contributed by atoms with Gasteiger partial charge in [-0.15, -0.1) is 11.3 Å². The van der Waals surface area contributed by atoms with Crippen LogP contribution in [0.4, 0.5) is 0 Å². The number of hydrogen-bond acceptors (Lipinski definition) is 4. The number of benzene rings is 2. The maximum Gasteiger partial charge on any atom is 0.246 e. The molecule has 3 heterocycles. The van der Waals surface area contributed by atoms with Crippen LogP contribution in [0.3, 0.4) is 0 Å². The summed E-state index contributed by atoms with van der Waals surface area (Å²) < 4.78 is 1.11. The molecule has 0 radical (unpaired) electrons. The van der Waals surface area contributed by atoms with Gasteiger partial charge in [0, 0.05) is 49.4 Å². The van der Waals surface area contributed by atoms with Gasteiger partial charge in [0.2, 0.25) is 11.8 Å². The number of carbonyl (C=O) groups is 2. The first-order valence-electron chi connectivity index (χ1n) is 10.3. The molecular weight excluding hydrogens is 408 g/mol. The highest BCUT2D eigenvalue weighted by molar-refractivity contribution is 7.19. The summed E-state index contributed by atoms with van der Waals surface area (Å²) in [4.78, 5) is 36.7. The maximum absolute atomic E-state index is 12.8. The first-order valence-corrected chi connectivity index (χ1v) is 11.1. The lowest BCUT2D eigenvalue weighted by Gasteiger charge is -2.34. The van der Waals surface area contributed by atoms with Crippen molar-refractivity contribution in [3.05, 3.63) is 71.4 Å². The minimum absolute atomic E-state index is 0.0389. The smallest absolute Gasteiger partial charge is 0.246 e. The van der Waals surface area contributed by atoms with E-state index in [9.17, 15) is 9.59 Å². The number of para-hydroxylation sites is 2. The van der Waals surface area contributed by atoms with E-state index < -0.39 is 0 Å². The molecule has 0 spiro atoms. The third-order valence-corrected chi connectivity index (χ3v) is 6.64. The second kappa shape index (κ2) is 8.35. The van der Waals surface area contributed by atoms with E-state index in [0.29, 0.717) is 32.6 Å². The van der Waals surface area contributed by atoms with E-state index in [4.69, 9.17) is 0 Å². The van der Waals surface area contributed by atoms with Crippen LogP contribution >= 0.6 is 11.3 Å². The Kier molecular flexibility index (Phi) is 5.26. The fourth-order valence-corrected chi connectivity index (χ4v) is 4.81. The number of rotatable bonds is 4. The summed E-state index contributed by atoms with van der Waals surface area (Å²) in [6.45, 7) is 2.20. The van der Waals surface area contributed by atoms with Gasteiger partial charge in [0.15, 0.2) is 0 Å². The molecule has 1 aliphatic heterocycles. The lowest BCUT2D eigenvalue weighted by molar-refractivity contribution is -0.136. The van der Waals surface area contributed by atoms with E-state index >= 15 is 0 Å². The molecule has 1 fully saturated rings. The number of thiazole rings is 1. The van der Waals surface area contributed by atoms with E-state index in [-0.39, 0.29) is 11.8 Å². The van der Waals surface area contributed by atoms with Gasteiger partial charge in [-0.2, -0.15) is 0 Å². The predicted octanol–water partition coefficient (Wildman–Crippen LogP) is 3.70. The Morgan fingerprint density at radius 3 is 2.58 bits per heavy atom. The summed E-state index contributed by atoms with van der Waals surface area (Å²) in [5, 5.41) is 1.91. The molecule has 1 aliphatic rings. The molecule has 0 bridgehead atoms. The first-order chi connectivity index (χ1) is 15.2. The summed E-state index contributed by atoms with van der Waals surface area (Å²) >= 11 is 1.57. The van der Waals surface area contributed by atoms with Gasteiger partial charge in [-0.05, 0) is 29.8 Å². The average molecular weight is 431 g/mol. The minimum Gasteiger partial charge on any atom is -0.361 e. The Labute approximate surface area is 183 Å². The molecule has 0 atom stereocenters. The molecule has 156 valence electrons. The minimum atomic E-state index is -0.0389. The molecule has 0 aliphatic carbocycles. The van der Waals surface area contributed by atoms with Crippen molar-refractivity contribution in [3.63, 3.8) is 0 Å². The lowest BCUT2D eigenvalue weighted by Crippen LogP contribution is -2.50. The quantitative estimate of drug-likeness (QED) is 0.502. The topological polar surface area (TPSA) is 69.3 Å². The third kappa shape index (κ3) is 4.09. The van der Waals surface area contributed by atoms with Crippen molar-refractivity contribution in [2.45, 2.75) is 6.42 Å². The zero-order valence-corrected chi connectivity index (χ0v) is 17.8. The molecule has 1 saturated heterocycles. The summed E-state index contributed by atoms with van der Waals surface area (Å²) in [5.41, 5.74) is 3.00. The van der Waals surface area contributed by atoms with Crippen LogP contribution < -0.4 is 0 Å². The van der Waals surface area contributed by atoms with Gasteiger partial charge in [-0.3, -0.25) is 9.59 Å². The van der Waals surface area contributed by atoms with Gasteiger partial charge in [-0.25, -0.2) is 4.98 Å². The fraction of sp³-hybridized carbons (Fsp3) is 0.208. The Hall–Kier alpha value is -3.45. The van der Waals surface area contributed by atoms with Gasteiger partial charge >= 0.3 is 0 Å². The molecular formula is C24H22N4O2S. The standard InChI is InChI=1S/C24H22N4O2S/c29-23(10-9-22-26-20-7-3-4-8-21(20)31-22)27-11-13-28(14-12-27)24(30)15-17-16-25-19-6-2-1-5-18(17)19/h1-10,16,25H,11-15H2/b10-9+. The number of hydrogen-bond donors (Lipinski definition) is 1. The summed E-state index contributed by atoms with van der Waals surface area (Å²) in [6.07, 6.45) is 5.65. The Balaban J connectivity index is 1.17. The molecule has 0 saturated carbocycles. The van der Waals surface area contributed by atoms with E-state index in [1.807, 2.05) is 59.6 Å². The number of piperazine rings is 1. The van der Waals surface area contributed by atoms with E-state index in [2.05, 4.69) is 9.97 Å². The molecule has 6 nitrogen and oxygen atoms in total. The first kappa shape index (κ1) is 19.5. The van der Waals surface area contributed by atoms with Crippen LogP contribution in [-0.2, 0) is 16.0 Å². The monoisotopic (exact) mass is 430 g/mol. The van der Waals surface area contributed by atoms with Crippen LogP contribution in [0.15, 0.2) is 60.8 Å². The molecule has 2 aromatic carbocycles. The number of nitrogens with one attached hydrogen (secondary N) is 1. The largest absolute Gasteiger partial charge is 0.361 e. The second-order valence-electron chi connectivity index (χ2n) is 7.60. The fourth-order valence-electron chi connectivity index (χ4n) is 3.94. The van der Waals surface area contributed by atoms with Crippen molar-refractivity contribution in [1.29, 1.82) is 0 Å².